The first-order valence-electron chi connectivity index (χ1n) is 8.97. The van der Waals surface area contributed by atoms with Crippen molar-refractivity contribution >= 4 is 33.2 Å². The second-order valence-corrected chi connectivity index (χ2v) is 8.25. The van der Waals surface area contributed by atoms with Gasteiger partial charge in [0.05, 0.1) is 23.2 Å². The van der Waals surface area contributed by atoms with Crippen LogP contribution in [0, 0.1) is 6.92 Å². The highest BCUT2D eigenvalue weighted by atomic mass is 32.2. The van der Waals surface area contributed by atoms with E-state index in [0.29, 0.717) is 42.1 Å². The van der Waals surface area contributed by atoms with E-state index < -0.39 is 15.9 Å². The molecule has 0 bridgehead atoms. The molecule has 2 aromatic rings. The molecule has 29 heavy (non-hydrogen) atoms. The lowest BCUT2D eigenvalue weighted by atomic mass is 10.1. The number of para-hydroxylation sites is 1. The van der Waals surface area contributed by atoms with Gasteiger partial charge in [0, 0.05) is 25.8 Å². The Morgan fingerprint density at radius 1 is 1.03 bits per heavy atom. The lowest BCUT2D eigenvalue weighted by molar-refractivity contribution is 0.0949. The molecule has 0 aliphatic rings. The maximum Gasteiger partial charge on any atom is 0.255 e. The summed E-state index contributed by atoms with van der Waals surface area (Å²) in [6.07, 6.45) is 1.72. The van der Waals surface area contributed by atoms with E-state index in [1.54, 1.807) is 50.4 Å². The van der Waals surface area contributed by atoms with Crippen LogP contribution < -0.4 is 15.4 Å². The molecule has 8 nitrogen and oxygen atoms in total. The van der Waals surface area contributed by atoms with Crippen LogP contribution in [0.25, 0.3) is 0 Å². The highest BCUT2D eigenvalue weighted by Gasteiger charge is 2.15. The molecule has 0 aromatic heterocycles. The van der Waals surface area contributed by atoms with E-state index in [1.165, 1.54) is 6.07 Å². The first-order chi connectivity index (χ1) is 13.7. The Balaban J connectivity index is 2.17. The molecule has 0 unspecified atom stereocenters. The van der Waals surface area contributed by atoms with Crippen LogP contribution in [0.15, 0.2) is 42.5 Å². The lowest BCUT2D eigenvalue weighted by Crippen LogP contribution is -2.26. The maximum absolute atomic E-state index is 12.7. The number of carbonyl (C=O) groups excluding carboxylic acids is 2. The molecule has 0 atom stereocenters. The van der Waals surface area contributed by atoms with E-state index in [2.05, 4.69) is 15.4 Å². The van der Waals surface area contributed by atoms with Gasteiger partial charge in [0.2, 0.25) is 10.0 Å². The van der Waals surface area contributed by atoms with Crippen LogP contribution in [-0.4, -0.2) is 46.7 Å². The van der Waals surface area contributed by atoms with E-state index in [0.717, 1.165) is 6.26 Å². The Labute approximate surface area is 170 Å². The third-order valence-corrected chi connectivity index (χ3v) is 4.62. The molecular weight excluding hydrogens is 394 g/mol. The van der Waals surface area contributed by atoms with Gasteiger partial charge in [-0.3, -0.25) is 14.3 Å². The van der Waals surface area contributed by atoms with E-state index >= 15 is 0 Å². The van der Waals surface area contributed by atoms with Gasteiger partial charge in [-0.05, 0) is 43.2 Å². The van der Waals surface area contributed by atoms with Gasteiger partial charge in [-0.1, -0.05) is 18.2 Å². The SMILES string of the molecule is COCCCNC(=O)c1ccccc1NC(=O)c1ccc(C)c(NS(C)(=O)=O)c1. The van der Waals surface area contributed by atoms with Crippen molar-refractivity contribution in [3.63, 3.8) is 0 Å². The summed E-state index contributed by atoms with van der Waals surface area (Å²) in [6, 6.07) is 11.4. The van der Waals surface area contributed by atoms with Crippen molar-refractivity contribution in [2.75, 3.05) is 36.6 Å². The lowest BCUT2D eigenvalue weighted by Gasteiger charge is -2.13. The zero-order chi connectivity index (χ0) is 21.4. The number of carbonyl (C=O) groups is 2. The molecule has 3 N–H and O–H groups in total. The topological polar surface area (TPSA) is 114 Å². The molecule has 0 radical (unpaired) electrons. The average Bonchev–Trinajstić information content (AvgIpc) is 2.66. The predicted molar refractivity (Wildman–Crippen MR) is 113 cm³/mol. The Morgan fingerprint density at radius 3 is 2.45 bits per heavy atom. The number of rotatable bonds is 9. The molecule has 0 saturated heterocycles. The summed E-state index contributed by atoms with van der Waals surface area (Å²) >= 11 is 0. The predicted octanol–water partition coefficient (Wildman–Crippen LogP) is 2.39. The van der Waals surface area contributed by atoms with Gasteiger partial charge in [-0.2, -0.15) is 0 Å². The number of ether oxygens (including phenoxy) is 1. The van der Waals surface area contributed by atoms with Crippen molar-refractivity contribution in [2.45, 2.75) is 13.3 Å². The van der Waals surface area contributed by atoms with Gasteiger partial charge < -0.3 is 15.4 Å². The number of nitrogens with one attached hydrogen (secondary N) is 3. The molecule has 2 aromatic carbocycles. The number of sulfonamides is 1. The van der Waals surface area contributed by atoms with E-state index in [4.69, 9.17) is 4.74 Å². The first kappa shape index (κ1) is 22.4. The van der Waals surface area contributed by atoms with Gasteiger partial charge in [-0.15, -0.1) is 0 Å². The fourth-order valence-corrected chi connectivity index (χ4v) is 3.19. The molecular formula is C20H25N3O5S. The molecule has 0 fully saturated rings. The molecule has 2 amide bonds. The summed E-state index contributed by atoms with van der Waals surface area (Å²) in [5.41, 5.74) is 1.96. The zero-order valence-electron chi connectivity index (χ0n) is 16.6. The number of hydrogen-bond acceptors (Lipinski definition) is 5. The van der Waals surface area contributed by atoms with Crippen LogP contribution in [0.4, 0.5) is 11.4 Å². The Morgan fingerprint density at radius 2 is 1.76 bits per heavy atom. The highest BCUT2D eigenvalue weighted by molar-refractivity contribution is 7.92. The minimum Gasteiger partial charge on any atom is -0.385 e. The van der Waals surface area contributed by atoms with E-state index in [-0.39, 0.29) is 11.5 Å². The van der Waals surface area contributed by atoms with Gasteiger partial charge in [-0.25, -0.2) is 8.42 Å². The molecule has 0 saturated carbocycles. The van der Waals surface area contributed by atoms with Crippen molar-refractivity contribution in [3.8, 4) is 0 Å². The van der Waals surface area contributed by atoms with Crippen molar-refractivity contribution in [1.29, 1.82) is 0 Å². The summed E-state index contributed by atoms with van der Waals surface area (Å²) in [5.74, 6) is -0.762. The Bertz CT molecular complexity index is 989. The van der Waals surface area contributed by atoms with Crippen LogP contribution in [0.2, 0.25) is 0 Å². The van der Waals surface area contributed by atoms with Gasteiger partial charge in [0.25, 0.3) is 11.8 Å². The molecule has 0 aliphatic carbocycles. The Kier molecular flexibility index (Phi) is 7.74. The van der Waals surface area contributed by atoms with Crippen LogP contribution in [0.1, 0.15) is 32.7 Å². The molecule has 156 valence electrons. The molecule has 0 heterocycles. The first-order valence-corrected chi connectivity index (χ1v) is 10.9. The summed E-state index contributed by atoms with van der Waals surface area (Å²) < 4.78 is 30.4. The third kappa shape index (κ3) is 6.88. The van der Waals surface area contributed by atoms with Crippen LogP contribution in [0.5, 0.6) is 0 Å². The summed E-state index contributed by atoms with van der Waals surface area (Å²) in [4.78, 5) is 25.1. The summed E-state index contributed by atoms with van der Waals surface area (Å²) in [5, 5.41) is 5.50. The van der Waals surface area contributed by atoms with Crippen molar-refractivity contribution < 1.29 is 22.7 Å². The van der Waals surface area contributed by atoms with Crippen LogP contribution in [-0.2, 0) is 14.8 Å². The van der Waals surface area contributed by atoms with Crippen molar-refractivity contribution in [2.24, 2.45) is 0 Å². The minimum atomic E-state index is -3.48. The average molecular weight is 420 g/mol. The third-order valence-electron chi connectivity index (χ3n) is 4.03. The summed E-state index contributed by atoms with van der Waals surface area (Å²) in [7, 11) is -1.88. The number of benzene rings is 2. The van der Waals surface area contributed by atoms with Crippen LogP contribution >= 0.6 is 0 Å². The van der Waals surface area contributed by atoms with E-state index in [1.807, 2.05) is 0 Å². The van der Waals surface area contributed by atoms with Gasteiger partial charge in [0.1, 0.15) is 0 Å². The smallest absolute Gasteiger partial charge is 0.255 e. The number of methoxy groups -OCH3 is 1. The maximum atomic E-state index is 12.7. The quantitative estimate of drug-likeness (QED) is 0.540. The minimum absolute atomic E-state index is 0.261. The Hall–Kier alpha value is -2.91. The van der Waals surface area contributed by atoms with Gasteiger partial charge >= 0.3 is 0 Å². The van der Waals surface area contributed by atoms with Crippen LogP contribution in [0.3, 0.4) is 0 Å². The second kappa shape index (κ2) is 10.0. The number of hydrogen-bond donors (Lipinski definition) is 3. The number of aryl methyl sites for hydroxylation is 1. The molecule has 9 heteroatoms. The summed E-state index contributed by atoms with van der Waals surface area (Å²) in [6.45, 7) is 2.72. The fourth-order valence-electron chi connectivity index (χ4n) is 2.57. The molecule has 2 rings (SSSR count). The van der Waals surface area contributed by atoms with E-state index in [9.17, 15) is 18.0 Å². The zero-order valence-corrected chi connectivity index (χ0v) is 17.4. The fraction of sp³-hybridized carbons (Fsp3) is 0.300. The number of amides is 2. The second-order valence-electron chi connectivity index (χ2n) is 6.51. The van der Waals surface area contributed by atoms with Crippen molar-refractivity contribution in [1.82, 2.24) is 5.32 Å². The van der Waals surface area contributed by atoms with Gasteiger partial charge in [0.15, 0.2) is 0 Å². The standard InChI is InChI=1S/C20H25N3O5S/c1-14-9-10-15(13-18(14)23-29(3,26)27)19(24)22-17-8-5-4-7-16(17)20(25)21-11-6-12-28-2/h4-5,7-10,13,23H,6,11-12H2,1-3H3,(H,21,25)(H,22,24). The number of anilines is 2. The molecule has 0 spiro atoms. The monoisotopic (exact) mass is 419 g/mol. The molecule has 0 aliphatic heterocycles. The highest BCUT2D eigenvalue weighted by Crippen LogP contribution is 2.20. The van der Waals surface area contributed by atoms with Crippen molar-refractivity contribution in [3.05, 3.63) is 59.2 Å². The largest absolute Gasteiger partial charge is 0.385 e. The normalized spacial score (nSPS) is 11.0.